The lowest BCUT2D eigenvalue weighted by atomic mass is 9.95. The monoisotopic (exact) mass is 308 g/mol. The van der Waals surface area contributed by atoms with Crippen molar-refractivity contribution in [3.63, 3.8) is 0 Å². The van der Waals surface area contributed by atoms with Crippen molar-refractivity contribution < 1.29 is 14.7 Å². The highest BCUT2D eigenvalue weighted by Crippen LogP contribution is 2.39. The Labute approximate surface area is 128 Å². The van der Waals surface area contributed by atoms with Gasteiger partial charge in [0.25, 0.3) is 5.24 Å². The first kappa shape index (κ1) is 15.9. The average Bonchev–Trinajstić information content (AvgIpc) is 2.53. The van der Waals surface area contributed by atoms with Crippen LogP contribution in [0, 0.1) is 0 Å². The Bertz CT molecular complexity index is 526. The van der Waals surface area contributed by atoms with E-state index in [9.17, 15) is 14.7 Å². The van der Waals surface area contributed by atoms with Crippen LogP contribution in [0.5, 0.6) is 0 Å². The van der Waals surface area contributed by atoms with Crippen LogP contribution in [0.3, 0.4) is 0 Å². The van der Waals surface area contributed by atoms with E-state index in [-0.39, 0.29) is 10.8 Å². The predicted molar refractivity (Wildman–Crippen MR) is 85.2 cm³/mol. The molecule has 0 aromatic heterocycles. The fourth-order valence-corrected chi connectivity index (χ4v) is 4.37. The highest BCUT2D eigenvalue weighted by molar-refractivity contribution is 8.29. The molecule has 1 fully saturated rings. The van der Waals surface area contributed by atoms with Gasteiger partial charge in [0.1, 0.15) is 0 Å². The topological polar surface area (TPSA) is 57.6 Å². The minimum absolute atomic E-state index is 0.0376. The number of nitrogens with zero attached hydrogens (tertiary/aromatic N) is 1. The molecule has 0 bridgehead atoms. The Morgan fingerprint density at radius 2 is 1.81 bits per heavy atom. The van der Waals surface area contributed by atoms with Gasteiger partial charge in [-0.1, -0.05) is 42.3 Å². The number of hydrogen-bond donors (Lipinski definition) is 1. The molecule has 2 rings (SSSR count). The summed E-state index contributed by atoms with van der Waals surface area (Å²) in [4.78, 5) is 26.4. The van der Waals surface area contributed by atoms with Crippen LogP contribution in [-0.4, -0.2) is 40.6 Å². The molecule has 0 aliphatic heterocycles. The largest absolute Gasteiger partial charge is 0.478 e. The van der Waals surface area contributed by atoms with E-state index < -0.39 is 16.9 Å². The number of benzene rings is 1. The highest BCUT2D eigenvalue weighted by Gasteiger charge is 2.27. The second kappa shape index (κ2) is 6.98. The zero-order valence-corrected chi connectivity index (χ0v) is 13.4. The molecule has 1 aliphatic carbocycles. The number of aromatic carboxylic acids is 1. The molecule has 1 radical (unpaired) electrons. The van der Waals surface area contributed by atoms with E-state index in [0.717, 1.165) is 12.8 Å². The zero-order valence-electron chi connectivity index (χ0n) is 12.5. The van der Waals surface area contributed by atoms with Crippen molar-refractivity contribution in [2.24, 2.45) is 0 Å². The summed E-state index contributed by atoms with van der Waals surface area (Å²) in [6.45, 7) is 0. The van der Waals surface area contributed by atoms with Crippen LogP contribution in [0.4, 0.5) is 4.79 Å². The lowest BCUT2D eigenvalue weighted by Gasteiger charge is -2.33. The van der Waals surface area contributed by atoms with Gasteiger partial charge in [0.15, 0.2) is 0 Å². The molecule has 5 heteroatoms. The van der Waals surface area contributed by atoms with Crippen LogP contribution in [0.15, 0.2) is 29.2 Å². The van der Waals surface area contributed by atoms with Crippen LogP contribution in [0.2, 0.25) is 0 Å². The van der Waals surface area contributed by atoms with E-state index in [2.05, 4.69) is 0 Å². The maximum Gasteiger partial charge on any atom is 0.336 e. The first-order chi connectivity index (χ1) is 10.0. The number of amides is 1. The Balaban J connectivity index is 2.17. The van der Waals surface area contributed by atoms with E-state index in [1.165, 1.54) is 19.3 Å². The standard InChI is InChI=1S/C16H22NO3S/c1-17(12-8-4-3-5-9-12)16(20)21(2)14-11-7-6-10-13(14)15(18)19/h6-7,10-12H,3-5,8-9H2,1-2H3,(H,18,19). The van der Waals surface area contributed by atoms with Crippen LogP contribution < -0.4 is 0 Å². The van der Waals surface area contributed by atoms with Gasteiger partial charge in [0.2, 0.25) is 0 Å². The molecule has 115 valence electrons. The number of hydrogen-bond acceptors (Lipinski definition) is 2. The third-order valence-electron chi connectivity index (χ3n) is 4.12. The highest BCUT2D eigenvalue weighted by atomic mass is 32.2. The molecule has 1 aromatic rings. The predicted octanol–water partition coefficient (Wildman–Crippen LogP) is 4.03. The summed E-state index contributed by atoms with van der Waals surface area (Å²) in [6, 6.07) is 7.10. The molecule has 0 saturated heterocycles. The van der Waals surface area contributed by atoms with Gasteiger partial charge in [0.05, 0.1) is 5.56 Å². The van der Waals surface area contributed by atoms with Gasteiger partial charge >= 0.3 is 5.97 Å². The van der Waals surface area contributed by atoms with Gasteiger partial charge in [-0.2, -0.15) is 0 Å². The Hall–Kier alpha value is -1.49. The number of carbonyl (C=O) groups excluding carboxylic acids is 1. The molecule has 21 heavy (non-hydrogen) atoms. The minimum Gasteiger partial charge on any atom is -0.478 e. The third-order valence-corrected chi connectivity index (χ3v) is 5.95. The summed E-state index contributed by atoms with van der Waals surface area (Å²) in [5.74, 6) is -0.974. The lowest BCUT2D eigenvalue weighted by Crippen LogP contribution is -2.37. The van der Waals surface area contributed by atoms with Gasteiger partial charge in [0, 0.05) is 18.0 Å². The van der Waals surface area contributed by atoms with Crippen molar-refractivity contribution in [2.45, 2.75) is 43.0 Å². The summed E-state index contributed by atoms with van der Waals surface area (Å²) >= 11 is 0. The van der Waals surface area contributed by atoms with Crippen molar-refractivity contribution in [3.05, 3.63) is 29.8 Å². The molecule has 1 aliphatic rings. The average molecular weight is 308 g/mol. The number of carboxylic acids is 1. The maximum absolute atomic E-state index is 12.7. The summed E-state index contributed by atoms with van der Waals surface area (Å²) in [6.07, 6.45) is 7.53. The molecular formula is C16H22NO3S. The van der Waals surface area contributed by atoms with E-state index in [0.29, 0.717) is 10.9 Å². The summed E-state index contributed by atoms with van der Waals surface area (Å²) < 4.78 is 0. The van der Waals surface area contributed by atoms with Crippen LogP contribution in [-0.2, 0) is 0 Å². The number of carboxylic acid groups (broad SMARTS) is 1. The van der Waals surface area contributed by atoms with Gasteiger partial charge in [-0.15, -0.1) is 0 Å². The maximum atomic E-state index is 12.7. The molecule has 0 spiro atoms. The molecule has 1 N–H and O–H groups in total. The van der Waals surface area contributed by atoms with Crippen molar-refractivity contribution in [2.75, 3.05) is 13.3 Å². The molecule has 1 amide bonds. The van der Waals surface area contributed by atoms with Gasteiger partial charge in [-0.3, -0.25) is 4.79 Å². The Morgan fingerprint density at radius 3 is 2.43 bits per heavy atom. The van der Waals surface area contributed by atoms with E-state index in [1.807, 2.05) is 18.2 Å². The van der Waals surface area contributed by atoms with E-state index in [4.69, 9.17) is 0 Å². The van der Waals surface area contributed by atoms with E-state index in [1.54, 1.807) is 24.3 Å². The number of carbonyl (C=O) groups is 2. The molecule has 1 saturated carbocycles. The molecule has 1 aromatic carbocycles. The molecule has 0 heterocycles. The van der Waals surface area contributed by atoms with Crippen LogP contribution >= 0.6 is 10.9 Å². The lowest BCUT2D eigenvalue weighted by molar-refractivity contribution is 0.0693. The molecular weight excluding hydrogens is 286 g/mol. The van der Waals surface area contributed by atoms with Crippen LogP contribution in [0.1, 0.15) is 42.5 Å². The second-order valence-electron chi connectivity index (χ2n) is 5.48. The van der Waals surface area contributed by atoms with Gasteiger partial charge < -0.3 is 10.0 Å². The van der Waals surface area contributed by atoms with Crippen LogP contribution in [0.25, 0.3) is 0 Å². The van der Waals surface area contributed by atoms with Gasteiger partial charge in [-0.05, 0) is 31.2 Å². The fraction of sp³-hybridized carbons (Fsp3) is 0.500. The normalized spacial score (nSPS) is 16.0. The quantitative estimate of drug-likeness (QED) is 0.917. The van der Waals surface area contributed by atoms with Crippen molar-refractivity contribution >= 4 is 22.1 Å². The van der Waals surface area contributed by atoms with Gasteiger partial charge in [-0.25, -0.2) is 4.79 Å². The van der Waals surface area contributed by atoms with E-state index >= 15 is 0 Å². The summed E-state index contributed by atoms with van der Waals surface area (Å²) in [5, 5.41) is 9.30. The minimum atomic E-state index is -0.974. The van der Waals surface area contributed by atoms with Crippen molar-refractivity contribution in [3.8, 4) is 0 Å². The Morgan fingerprint density at radius 1 is 1.19 bits per heavy atom. The summed E-state index contributed by atoms with van der Waals surface area (Å²) in [7, 11) is 1.12. The zero-order chi connectivity index (χ0) is 15.4. The first-order valence-electron chi connectivity index (χ1n) is 7.27. The molecule has 0 unspecified atom stereocenters. The third kappa shape index (κ3) is 3.59. The first-order valence-corrected chi connectivity index (χ1v) is 8.90. The SMILES string of the molecule is CN(C(=O)[S](C)c1ccccc1C(=O)O)C1CCCCC1. The smallest absolute Gasteiger partial charge is 0.336 e. The fourth-order valence-electron chi connectivity index (χ4n) is 2.84. The van der Waals surface area contributed by atoms with Crippen molar-refractivity contribution in [1.82, 2.24) is 4.90 Å². The summed E-state index contributed by atoms with van der Waals surface area (Å²) in [5.41, 5.74) is 0.230. The molecule has 0 atom stereocenters. The number of rotatable bonds is 3. The molecule has 4 nitrogen and oxygen atoms in total. The second-order valence-corrected chi connectivity index (χ2v) is 7.29. The Kier molecular flexibility index (Phi) is 5.28. The van der Waals surface area contributed by atoms with Crippen molar-refractivity contribution in [1.29, 1.82) is 0 Å².